The fraction of sp³-hybridized carbons (Fsp3) is 0. The molecular weight excluding hydrogens is 240 g/mol. The second-order valence-corrected chi connectivity index (χ2v) is 4.23. The number of hydrazine groups is 1. The molecule has 3 rings (SSSR count). The first-order valence-corrected chi connectivity index (χ1v) is 5.67. The van der Waals surface area contributed by atoms with Gasteiger partial charge in [0.05, 0.1) is 11.1 Å². The van der Waals surface area contributed by atoms with E-state index in [0.717, 1.165) is 5.69 Å². The zero-order valence-corrected chi connectivity index (χ0v) is 9.40. The second kappa shape index (κ2) is 3.70. The van der Waals surface area contributed by atoms with Gasteiger partial charge >= 0.3 is 0 Å². The van der Waals surface area contributed by atoms with E-state index >= 15 is 0 Å². The van der Waals surface area contributed by atoms with Crippen LogP contribution in [0.4, 0.5) is 5.69 Å². The molecule has 0 unspecified atom stereocenters. The standard InChI is InChI=1S/C10H8N4O2S/c11-10(15)9-8-6(13-16-9)2-1-3-7(8)14-12-4-5-17-14/h1-5,12H,(H2,11,15). The molecule has 3 N–H and O–H groups in total. The largest absolute Gasteiger partial charge is 0.363 e. The van der Waals surface area contributed by atoms with Crippen molar-refractivity contribution in [1.29, 1.82) is 0 Å². The number of hydrogen-bond acceptors (Lipinski definition) is 6. The van der Waals surface area contributed by atoms with Crippen molar-refractivity contribution in [2.75, 3.05) is 4.41 Å². The van der Waals surface area contributed by atoms with Gasteiger partial charge in [-0.05, 0) is 12.1 Å². The molecule has 7 heteroatoms. The number of nitrogens with zero attached hydrogens (tertiary/aromatic N) is 2. The molecule has 1 amide bonds. The van der Waals surface area contributed by atoms with Gasteiger partial charge in [0.2, 0.25) is 5.76 Å². The normalized spacial score (nSPS) is 14.2. The number of nitrogens with one attached hydrogen (secondary N) is 1. The number of carbonyl (C=O) groups excluding carboxylic acids is 1. The van der Waals surface area contributed by atoms with Crippen LogP contribution in [0.1, 0.15) is 10.6 Å². The molecule has 0 saturated heterocycles. The highest BCUT2D eigenvalue weighted by molar-refractivity contribution is 8.03. The summed E-state index contributed by atoms with van der Waals surface area (Å²) in [5.74, 6) is -0.554. The van der Waals surface area contributed by atoms with Crippen LogP contribution in [0.2, 0.25) is 0 Å². The summed E-state index contributed by atoms with van der Waals surface area (Å²) in [6.45, 7) is 0. The molecular formula is C10H8N4O2S. The number of carbonyl (C=O) groups is 1. The number of amides is 1. The Morgan fingerprint density at radius 1 is 1.53 bits per heavy atom. The Balaban J connectivity index is 2.22. The fourth-order valence-electron chi connectivity index (χ4n) is 1.66. The van der Waals surface area contributed by atoms with Gasteiger partial charge in [0.25, 0.3) is 5.91 Å². The second-order valence-electron chi connectivity index (χ2n) is 3.38. The van der Waals surface area contributed by atoms with Gasteiger partial charge < -0.3 is 10.3 Å². The van der Waals surface area contributed by atoms with Crippen molar-refractivity contribution in [2.24, 2.45) is 5.73 Å². The third-order valence-electron chi connectivity index (χ3n) is 2.35. The predicted octanol–water partition coefficient (Wildman–Crippen LogP) is 1.37. The van der Waals surface area contributed by atoms with Crippen molar-refractivity contribution < 1.29 is 9.32 Å². The molecule has 1 aliphatic rings. The van der Waals surface area contributed by atoms with E-state index < -0.39 is 5.91 Å². The Bertz CT molecular complexity index is 614. The van der Waals surface area contributed by atoms with Crippen molar-refractivity contribution in [3.8, 4) is 0 Å². The van der Waals surface area contributed by atoms with Gasteiger partial charge in [-0.25, -0.2) is 4.41 Å². The lowest BCUT2D eigenvalue weighted by molar-refractivity contribution is 0.0967. The summed E-state index contributed by atoms with van der Waals surface area (Å²) in [7, 11) is 0. The molecule has 1 aromatic carbocycles. The SMILES string of the molecule is NC(=O)c1onc2cccc(N3NC=CS3)c12. The van der Waals surface area contributed by atoms with E-state index in [4.69, 9.17) is 10.3 Å². The van der Waals surface area contributed by atoms with Crippen LogP contribution < -0.4 is 15.6 Å². The van der Waals surface area contributed by atoms with E-state index in [1.54, 1.807) is 16.7 Å². The van der Waals surface area contributed by atoms with Crippen LogP contribution in [0.15, 0.2) is 34.3 Å². The molecule has 1 aliphatic heterocycles. The number of rotatable bonds is 2. The van der Waals surface area contributed by atoms with E-state index in [2.05, 4.69) is 10.6 Å². The van der Waals surface area contributed by atoms with Crippen molar-refractivity contribution >= 4 is 34.4 Å². The minimum Gasteiger partial charge on any atom is -0.363 e. The summed E-state index contributed by atoms with van der Waals surface area (Å²) in [6, 6.07) is 5.47. The van der Waals surface area contributed by atoms with Crippen LogP contribution in [0.25, 0.3) is 10.9 Å². The lowest BCUT2D eigenvalue weighted by Gasteiger charge is -2.16. The van der Waals surface area contributed by atoms with Crippen LogP contribution in [-0.2, 0) is 0 Å². The first-order valence-electron chi connectivity index (χ1n) is 4.83. The number of nitrogens with two attached hydrogens (primary N) is 1. The lowest BCUT2D eigenvalue weighted by atomic mass is 10.2. The Kier molecular flexibility index (Phi) is 2.19. The van der Waals surface area contributed by atoms with Crippen LogP contribution >= 0.6 is 11.9 Å². The van der Waals surface area contributed by atoms with Gasteiger partial charge in [-0.15, -0.1) is 0 Å². The smallest absolute Gasteiger partial charge is 0.288 e. The number of benzene rings is 1. The molecule has 17 heavy (non-hydrogen) atoms. The summed E-state index contributed by atoms with van der Waals surface area (Å²) in [5, 5.41) is 6.31. The van der Waals surface area contributed by atoms with Gasteiger partial charge in [-0.1, -0.05) is 11.2 Å². The number of primary amides is 1. The molecule has 86 valence electrons. The van der Waals surface area contributed by atoms with Crippen molar-refractivity contribution in [2.45, 2.75) is 0 Å². The summed E-state index contributed by atoms with van der Waals surface area (Å²) < 4.78 is 6.77. The minimum absolute atomic E-state index is 0.0740. The van der Waals surface area contributed by atoms with Crippen molar-refractivity contribution in [3.63, 3.8) is 0 Å². The fourth-order valence-corrected chi connectivity index (χ4v) is 2.29. The van der Waals surface area contributed by atoms with Gasteiger partial charge in [0.1, 0.15) is 5.52 Å². The van der Waals surface area contributed by atoms with E-state index in [1.165, 1.54) is 11.9 Å². The third-order valence-corrected chi connectivity index (χ3v) is 3.12. The van der Waals surface area contributed by atoms with Crippen molar-refractivity contribution in [3.05, 3.63) is 35.6 Å². The number of hydrogen-bond donors (Lipinski definition) is 2. The summed E-state index contributed by atoms with van der Waals surface area (Å²) >= 11 is 1.45. The first-order chi connectivity index (χ1) is 8.27. The molecule has 1 aromatic heterocycles. The van der Waals surface area contributed by atoms with Crippen LogP contribution in [0, 0.1) is 0 Å². The average Bonchev–Trinajstić information content (AvgIpc) is 2.97. The van der Waals surface area contributed by atoms with Crippen molar-refractivity contribution in [1.82, 2.24) is 10.6 Å². The summed E-state index contributed by atoms with van der Waals surface area (Å²) in [4.78, 5) is 11.3. The van der Waals surface area contributed by atoms with Gasteiger partial charge in [-0.3, -0.25) is 10.2 Å². The maximum Gasteiger partial charge on any atom is 0.288 e. The van der Waals surface area contributed by atoms with Crippen LogP contribution in [-0.4, -0.2) is 11.1 Å². The number of aromatic nitrogens is 1. The lowest BCUT2D eigenvalue weighted by Crippen LogP contribution is -2.23. The van der Waals surface area contributed by atoms with E-state index in [0.29, 0.717) is 10.9 Å². The minimum atomic E-state index is -0.628. The van der Waals surface area contributed by atoms with E-state index in [-0.39, 0.29) is 5.76 Å². The van der Waals surface area contributed by atoms with Gasteiger partial charge in [0, 0.05) is 23.6 Å². The maximum absolute atomic E-state index is 11.3. The number of fused-ring (bicyclic) bond motifs is 1. The molecule has 0 bridgehead atoms. The zero-order chi connectivity index (χ0) is 11.8. The molecule has 0 fully saturated rings. The molecule has 0 aliphatic carbocycles. The Morgan fingerprint density at radius 3 is 3.12 bits per heavy atom. The highest BCUT2D eigenvalue weighted by atomic mass is 32.2. The van der Waals surface area contributed by atoms with Gasteiger partial charge in [-0.2, -0.15) is 0 Å². The molecule has 0 atom stereocenters. The monoisotopic (exact) mass is 248 g/mol. The highest BCUT2D eigenvalue weighted by Gasteiger charge is 2.21. The molecule has 6 nitrogen and oxygen atoms in total. The van der Waals surface area contributed by atoms with E-state index in [1.807, 2.05) is 17.5 Å². The first kappa shape index (κ1) is 10.0. The average molecular weight is 248 g/mol. The van der Waals surface area contributed by atoms with Crippen LogP contribution in [0.3, 0.4) is 0 Å². The number of anilines is 1. The Morgan fingerprint density at radius 2 is 2.41 bits per heavy atom. The Labute approximate surface area is 101 Å². The van der Waals surface area contributed by atoms with Gasteiger partial charge in [0.15, 0.2) is 0 Å². The maximum atomic E-state index is 11.3. The Hall–Kier alpha value is -2.15. The predicted molar refractivity (Wildman–Crippen MR) is 64.9 cm³/mol. The zero-order valence-electron chi connectivity index (χ0n) is 8.58. The highest BCUT2D eigenvalue weighted by Crippen LogP contribution is 2.33. The molecule has 0 saturated carbocycles. The van der Waals surface area contributed by atoms with Crippen LogP contribution in [0.5, 0.6) is 0 Å². The quantitative estimate of drug-likeness (QED) is 0.781. The topological polar surface area (TPSA) is 84.4 Å². The molecule has 0 spiro atoms. The molecule has 0 radical (unpaired) electrons. The summed E-state index contributed by atoms with van der Waals surface area (Å²) in [6.07, 6.45) is 1.79. The van der Waals surface area contributed by atoms with E-state index in [9.17, 15) is 4.79 Å². The summed E-state index contributed by atoms with van der Waals surface area (Å²) in [5.41, 5.74) is 9.66. The molecule has 2 aromatic rings. The molecule has 2 heterocycles. The third kappa shape index (κ3) is 1.51.